The zero-order valence-electron chi connectivity index (χ0n) is 23.8. The van der Waals surface area contributed by atoms with Gasteiger partial charge in [-0.15, -0.1) is 0 Å². The number of nitrogens with zero attached hydrogens (tertiary/aromatic N) is 6. The van der Waals surface area contributed by atoms with Crippen LogP contribution in [0.2, 0.25) is 0 Å². The molecule has 0 aliphatic heterocycles. The number of allylic oxidation sites excluding steroid dienone is 1. The number of ketones is 1. The van der Waals surface area contributed by atoms with Gasteiger partial charge in [-0.3, -0.25) is 14.5 Å². The molecule has 0 bridgehead atoms. The van der Waals surface area contributed by atoms with Crippen LogP contribution in [0.4, 0.5) is 13.2 Å². The lowest BCUT2D eigenvalue weighted by atomic mass is 9.60. The van der Waals surface area contributed by atoms with E-state index < -0.39 is 33.7 Å². The largest absolute Gasteiger partial charge is 0.291 e. The standard InChI is InChI=1S/C31H29F3N6O3S/c1-38-13-11-28(37-38)44(42,43)40(24-8-9-24)25-5-2-21-15-27-20(18-36-39(27)23-6-3-22(32)4-7-23)16-31(21,17-25)29(41)26-14-19(30(33)34)10-12-35-26/h3-4,6-7,10-15,18,24-25,30H,2,5,8-9,16-17H2,1H3/t25-,31-/m0/s1. The topological polar surface area (TPSA) is 103 Å². The van der Waals surface area contributed by atoms with Crippen molar-refractivity contribution in [1.82, 2.24) is 28.9 Å². The molecule has 3 aliphatic rings. The van der Waals surface area contributed by atoms with Crippen LogP contribution in [-0.4, -0.2) is 55.1 Å². The van der Waals surface area contributed by atoms with E-state index in [0.29, 0.717) is 31.4 Å². The molecule has 2 saturated carbocycles. The van der Waals surface area contributed by atoms with Crippen LogP contribution in [0.25, 0.3) is 11.8 Å². The van der Waals surface area contributed by atoms with Crippen molar-refractivity contribution < 1.29 is 26.4 Å². The van der Waals surface area contributed by atoms with Gasteiger partial charge in [-0.25, -0.2) is 26.3 Å². The molecule has 3 heterocycles. The van der Waals surface area contributed by atoms with Gasteiger partial charge in [0, 0.05) is 37.1 Å². The normalized spacial score (nSPS) is 21.7. The van der Waals surface area contributed by atoms with Gasteiger partial charge in [0.1, 0.15) is 11.5 Å². The van der Waals surface area contributed by atoms with E-state index in [1.54, 1.807) is 36.3 Å². The first-order chi connectivity index (χ1) is 21.1. The van der Waals surface area contributed by atoms with Gasteiger partial charge in [-0.1, -0.05) is 5.57 Å². The lowest BCUT2D eigenvalue weighted by Gasteiger charge is -2.46. The summed E-state index contributed by atoms with van der Waals surface area (Å²) < 4.78 is 73.5. The number of sulfonamides is 1. The van der Waals surface area contributed by atoms with Crippen LogP contribution in [0.15, 0.2) is 71.7 Å². The summed E-state index contributed by atoms with van der Waals surface area (Å²) in [6.45, 7) is 0. The highest BCUT2D eigenvalue weighted by Gasteiger charge is 2.54. The van der Waals surface area contributed by atoms with Gasteiger partial charge >= 0.3 is 0 Å². The Labute approximate surface area is 252 Å². The lowest BCUT2D eigenvalue weighted by Crippen LogP contribution is -2.51. The smallest absolute Gasteiger partial charge is 0.263 e. The minimum atomic E-state index is -3.98. The monoisotopic (exact) mass is 622 g/mol. The fourth-order valence-electron chi connectivity index (χ4n) is 6.70. The van der Waals surface area contributed by atoms with E-state index in [1.165, 1.54) is 39.4 Å². The van der Waals surface area contributed by atoms with E-state index in [4.69, 9.17) is 0 Å². The maximum atomic E-state index is 14.5. The van der Waals surface area contributed by atoms with E-state index >= 15 is 0 Å². The molecule has 44 heavy (non-hydrogen) atoms. The zero-order valence-corrected chi connectivity index (χ0v) is 24.6. The molecule has 2 fully saturated rings. The van der Waals surface area contributed by atoms with Gasteiger partial charge in [0.25, 0.3) is 16.4 Å². The highest BCUT2D eigenvalue weighted by molar-refractivity contribution is 7.89. The van der Waals surface area contributed by atoms with Crippen molar-refractivity contribution in [3.63, 3.8) is 0 Å². The van der Waals surface area contributed by atoms with Gasteiger partial charge in [-0.2, -0.15) is 14.5 Å². The summed E-state index contributed by atoms with van der Waals surface area (Å²) in [5.74, 6) is -0.808. The Bertz CT molecular complexity index is 1900. The van der Waals surface area contributed by atoms with Crippen molar-refractivity contribution in [3.05, 3.63) is 95.0 Å². The molecule has 0 amide bonds. The molecule has 1 aromatic carbocycles. The fraction of sp³-hybridized carbons (Fsp3) is 0.355. The Morgan fingerprint density at radius 2 is 1.86 bits per heavy atom. The Balaban J connectivity index is 1.33. The first kappa shape index (κ1) is 28.7. The van der Waals surface area contributed by atoms with E-state index in [9.17, 15) is 26.4 Å². The first-order valence-corrected chi connectivity index (χ1v) is 15.9. The second-order valence-corrected chi connectivity index (χ2v) is 13.6. The number of aromatic nitrogens is 5. The number of carbonyl (C=O) groups excluding carboxylic acids is 1. The molecule has 3 aromatic heterocycles. The van der Waals surface area contributed by atoms with E-state index in [0.717, 1.165) is 22.9 Å². The number of hydrogen-bond acceptors (Lipinski definition) is 6. The Morgan fingerprint density at radius 1 is 1.09 bits per heavy atom. The molecule has 2 atom stereocenters. The van der Waals surface area contributed by atoms with Crippen LogP contribution in [0.3, 0.4) is 0 Å². The van der Waals surface area contributed by atoms with Crippen molar-refractivity contribution >= 4 is 21.9 Å². The molecule has 9 nitrogen and oxygen atoms in total. The van der Waals surface area contributed by atoms with E-state index in [1.807, 2.05) is 6.08 Å². The quantitative estimate of drug-likeness (QED) is 0.248. The molecule has 13 heteroatoms. The van der Waals surface area contributed by atoms with Crippen molar-refractivity contribution in [1.29, 1.82) is 0 Å². The van der Waals surface area contributed by atoms with Crippen molar-refractivity contribution in [2.75, 3.05) is 0 Å². The number of pyridine rings is 1. The maximum absolute atomic E-state index is 14.5. The van der Waals surface area contributed by atoms with Gasteiger partial charge in [0.05, 0.1) is 23.0 Å². The van der Waals surface area contributed by atoms with Crippen LogP contribution in [0, 0.1) is 11.2 Å². The number of aryl methyl sites for hydroxylation is 1. The van der Waals surface area contributed by atoms with Crippen molar-refractivity contribution in [3.8, 4) is 5.69 Å². The molecular weight excluding hydrogens is 593 g/mol. The van der Waals surface area contributed by atoms with E-state index in [2.05, 4.69) is 15.2 Å². The Kier molecular flexibility index (Phi) is 6.85. The second kappa shape index (κ2) is 10.5. The van der Waals surface area contributed by atoms with Crippen LogP contribution in [-0.2, 0) is 23.5 Å². The SMILES string of the molecule is Cn1ccc(S(=O)(=O)N(C2CC2)[C@H]2CCC3=Cc4c(cnn4-c4ccc(F)cc4)C[C@]3(C(=O)c3cc(C(F)F)ccn3)C2)n1. The van der Waals surface area contributed by atoms with Gasteiger partial charge < -0.3 is 0 Å². The molecule has 0 N–H and O–H groups in total. The van der Waals surface area contributed by atoms with Crippen LogP contribution in [0.5, 0.6) is 0 Å². The third-order valence-electron chi connectivity index (χ3n) is 8.91. The Hall–Kier alpha value is -4.10. The maximum Gasteiger partial charge on any atom is 0.263 e. The number of benzene rings is 1. The zero-order chi connectivity index (χ0) is 30.8. The number of hydrogen-bond donors (Lipinski definition) is 0. The number of carbonyl (C=O) groups is 1. The summed E-state index contributed by atoms with van der Waals surface area (Å²) in [6, 6.07) is 8.96. The molecule has 3 aliphatic carbocycles. The van der Waals surface area contributed by atoms with Gasteiger partial charge in [0.15, 0.2) is 10.8 Å². The highest BCUT2D eigenvalue weighted by Crippen LogP contribution is 2.52. The summed E-state index contributed by atoms with van der Waals surface area (Å²) in [5, 5.41) is 8.66. The highest BCUT2D eigenvalue weighted by atomic mass is 32.2. The summed E-state index contributed by atoms with van der Waals surface area (Å²) in [7, 11) is -2.33. The fourth-order valence-corrected chi connectivity index (χ4v) is 8.56. The first-order valence-electron chi connectivity index (χ1n) is 14.4. The molecule has 228 valence electrons. The number of fused-ring (bicyclic) bond motifs is 2. The number of Topliss-reactive ketones (excluding diaryl/α,β-unsaturated/α-hetero) is 1. The van der Waals surface area contributed by atoms with Crippen LogP contribution >= 0.6 is 0 Å². The van der Waals surface area contributed by atoms with Crippen molar-refractivity contribution in [2.24, 2.45) is 12.5 Å². The average Bonchev–Trinajstić information content (AvgIpc) is 3.59. The molecule has 4 aromatic rings. The summed E-state index contributed by atoms with van der Waals surface area (Å²) in [5.41, 5.74) is 1.26. The molecule has 0 unspecified atom stereocenters. The third kappa shape index (κ3) is 4.78. The Morgan fingerprint density at radius 3 is 2.55 bits per heavy atom. The summed E-state index contributed by atoms with van der Waals surface area (Å²) in [4.78, 5) is 18.7. The predicted octanol–water partition coefficient (Wildman–Crippen LogP) is 5.29. The average molecular weight is 623 g/mol. The second-order valence-electron chi connectivity index (χ2n) is 11.8. The number of halogens is 3. The minimum Gasteiger partial charge on any atom is -0.291 e. The van der Waals surface area contributed by atoms with Crippen LogP contribution in [0.1, 0.15) is 65.8 Å². The molecule has 0 radical (unpaired) electrons. The minimum absolute atomic E-state index is 0.0496. The number of alkyl halides is 2. The summed E-state index contributed by atoms with van der Waals surface area (Å²) >= 11 is 0. The molecule has 0 spiro atoms. The third-order valence-corrected chi connectivity index (χ3v) is 10.8. The predicted molar refractivity (Wildman–Crippen MR) is 154 cm³/mol. The van der Waals surface area contributed by atoms with Crippen molar-refractivity contribution in [2.45, 2.75) is 62.1 Å². The molecule has 0 saturated heterocycles. The summed E-state index contributed by atoms with van der Waals surface area (Å²) in [6.07, 6.45) is 6.18. The van der Waals surface area contributed by atoms with Gasteiger partial charge in [0.2, 0.25) is 0 Å². The molecular formula is C31H29F3N6O3S. The number of rotatable bonds is 8. The lowest BCUT2D eigenvalue weighted by molar-refractivity contribution is 0.0732. The van der Waals surface area contributed by atoms with Crippen LogP contribution < -0.4 is 0 Å². The van der Waals surface area contributed by atoms with Gasteiger partial charge in [-0.05, 0) is 92.6 Å². The molecule has 7 rings (SSSR count). The van der Waals surface area contributed by atoms with E-state index in [-0.39, 0.29) is 41.0 Å².